The number of amides is 3. The molecule has 3 aromatic rings. The number of anilines is 3. The normalized spacial score (nSPS) is 18.6. The molecule has 0 unspecified atom stereocenters. The molecule has 2 atom stereocenters. The van der Waals surface area contributed by atoms with E-state index in [0.717, 1.165) is 22.6 Å². The van der Waals surface area contributed by atoms with E-state index in [1.807, 2.05) is 72.5 Å². The molecule has 2 aliphatic rings. The lowest BCUT2D eigenvalue weighted by atomic mass is 9.89. The maximum Gasteiger partial charge on any atom is 0.409 e. The zero-order valence-electron chi connectivity index (χ0n) is 22.9. The molecule has 0 saturated carbocycles. The molecule has 8 nitrogen and oxygen atoms in total. The van der Waals surface area contributed by atoms with Gasteiger partial charge in [0, 0.05) is 66.8 Å². The molecule has 0 aromatic heterocycles. The zero-order valence-corrected chi connectivity index (χ0v) is 23.7. The average molecular weight is 561 g/mol. The molecule has 1 fully saturated rings. The fourth-order valence-electron chi connectivity index (χ4n) is 5.75. The van der Waals surface area contributed by atoms with Gasteiger partial charge in [-0.15, -0.1) is 0 Å². The molecule has 3 aromatic carbocycles. The molecule has 0 radical (unpaired) electrons. The van der Waals surface area contributed by atoms with Gasteiger partial charge in [0.15, 0.2) is 0 Å². The topological polar surface area (TPSA) is 73.4 Å². The first-order valence-corrected chi connectivity index (χ1v) is 13.8. The number of rotatable bonds is 4. The monoisotopic (exact) mass is 560 g/mol. The van der Waals surface area contributed by atoms with Crippen molar-refractivity contribution in [2.24, 2.45) is 0 Å². The van der Waals surface area contributed by atoms with Gasteiger partial charge in [-0.1, -0.05) is 29.8 Å². The van der Waals surface area contributed by atoms with Crippen LogP contribution in [-0.2, 0) is 9.53 Å². The van der Waals surface area contributed by atoms with Crippen LogP contribution < -0.4 is 14.7 Å². The zero-order chi connectivity index (χ0) is 28.4. The van der Waals surface area contributed by atoms with Crippen LogP contribution >= 0.6 is 11.6 Å². The van der Waals surface area contributed by atoms with Crippen LogP contribution in [0.1, 0.15) is 42.2 Å². The van der Waals surface area contributed by atoms with Crippen molar-refractivity contribution in [2.75, 3.05) is 48.0 Å². The first-order chi connectivity index (χ1) is 19.3. The molecular formula is C31H33ClN4O4. The van der Waals surface area contributed by atoms with Crippen molar-refractivity contribution >= 4 is 46.6 Å². The van der Waals surface area contributed by atoms with Crippen LogP contribution in [0.4, 0.5) is 21.9 Å². The van der Waals surface area contributed by atoms with Gasteiger partial charge in [-0.05, 0) is 73.5 Å². The number of benzene rings is 3. The largest absolute Gasteiger partial charge is 0.453 e. The third kappa shape index (κ3) is 5.36. The Balaban J connectivity index is 1.38. The summed E-state index contributed by atoms with van der Waals surface area (Å²) in [6.07, 6.45) is 0.284. The lowest BCUT2D eigenvalue weighted by Gasteiger charge is -2.43. The van der Waals surface area contributed by atoms with E-state index in [4.69, 9.17) is 16.3 Å². The van der Waals surface area contributed by atoms with Crippen LogP contribution in [0.15, 0.2) is 72.8 Å². The van der Waals surface area contributed by atoms with Gasteiger partial charge in [0.1, 0.15) is 0 Å². The second-order valence-electron chi connectivity index (χ2n) is 10.2. The van der Waals surface area contributed by atoms with E-state index in [-0.39, 0.29) is 30.0 Å². The van der Waals surface area contributed by atoms with Crippen molar-refractivity contribution in [1.29, 1.82) is 0 Å². The lowest BCUT2D eigenvalue weighted by molar-refractivity contribution is -0.117. The molecule has 3 amide bonds. The van der Waals surface area contributed by atoms with Gasteiger partial charge in [0.25, 0.3) is 5.91 Å². The van der Waals surface area contributed by atoms with Gasteiger partial charge in [-0.3, -0.25) is 9.59 Å². The minimum atomic E-state index is -0.307. The summed E-state index contributed by atoms with van der Waals surface area (Å²) in [6, 6.07) is 22.4. The summed E-state index contributed by atoms with van der Waals surface area (Å²) in [6.45, 7) is 6.15. The van der Waals surface area contributed by atoms with Crippen LogP contribution in [0, 0.1) is 0 Å². The van der Waals surface area contributed by atoms with Gasteiger partial charge < -0.3 is 24.3 Å². The number of hydrogen-bond donors (Lipinski definition) is 0. The Kier molecular flexibility index (Phi) is 7.98. The highest BCUT2D eigenvalue weighted by atomic mass is 35.5. The molecule has 0 aliphatic carbocycles. The molecule has 208 valence electrons. The quantitative estimate of drug-likeness (QED) is 0.405. The van der Waals surface area contributed by atoms with Crippen molar-refractivity contribution in [2.45, 2.75) is 32.4 Å². The number of hydrogen-bond acceptors (Lipinski definition) is 5. The third-order valence-corrected chi connectivity index (χ3v) is 7.98. The number of fused-ring (bicyclic) bond motifs is 1. The summed E-state index contributed by atoms with van der Waals surface area (Å²) in [5.74, 6) is -0.154. The summed E-state index contributed by atoms with van der Waals surface area (Å²) in [4.78, 5) is 46.1. The van der Waals surface area contributed by atoms with Gasteiger partial charge >= 0.3 is 6.09 Å². The molecule has 1 saturated heterocycles. The number of ether oxygens (including phenoxy) is 1. The third-order valence-electron chi connectivity index (χ3n) is 7.73. The Bertz CT molecular complexity index is 1390. The molecule has 2 heterocycles. The predicted molar refractivity (Wildman–Crippen MR) is 157 cm³/mol. The number of carbonyl (C=O) groups excluding carboxylic acids is 3. The number of carbonyl (C=O) groups is 3. The highest BCUT2D eigenvalue weighted by molar-refractivity contribution is 6.30. The maximum absolute atomic E-state index is 13.9. The van der Waals surface area contributed by atoms with E-state index < -0.39 is 0 Å². The molecule has 0 bridgehead atoms. The molecular weight excluding hydrogens is 528 g/mol. The molecule has 2 aliphatic heterocycles. The van der Waals surface area contributed by atoms with Crippen molar-refractivity contribution in [3.63, 3.8) is 0 Å². The highest BCUT2D eigenvalue weighted by Gasteiger charge is 2.38. The molecule has 0 spiro atoms. The first kappa shape index (κ1) is 27.5. The van der Waals surface area contributed by atoms with Gasteiger partial charge in [-0.25, -0.2) is 4.79 Å². The number of para-hydroxylation sites is 1. The van der Waals surface area contributed by atoms with Crippen LogP contribution in [0.2, 0.25) is 5.02 Å². The average Bonchev–Trinajstić information content (AvgIpc) is 2.97. The van der Waals surface area contributed by atoms with Crippen molar-refractivity contribution in [3.8, 4) is 0 Å². The van der Waals surface area contributed by atoms with Crippen molar-refractivity contribution < 1.29 is 19.1 Å². The Morgan fingerprint density at radius 1 is 0.900 bits per heavy atom. The van der Waals surface area contributed by atoms with E-state index >= 15 is 0 Å². The van der Waals surface area contributed by atoms with Crippen LogP contribution in [-0.4, -0.2) is 62.1 Å². The summed E-state index contributed by atoms with van der Waals surface area (Å²) >= 11 is 6.11. The lowest BCUT2D eigenvalue weighted by Crippen LogP contribution is -2.48. The summed E-state index contributed by atoms with van der Waals surface area (Å²) in [5, 5.41) is 0.607. The highest BCUT2D eigenvalue weighted by Crippen LogP contribution is 2.43. The van der Waals surface area contributed by atoms with Crippen LogP contribution in [0.5, 0.6) is 0 Å². The van der Waals surface area contributed by atoms with E-state index in [0.29, 0.717) is 43.2 Å². The van der Waals surface area contributed by atoms with Gasteiger partial charge in [0.2, 0.25) is 5.91 Å². The van der Waals surface area contributed by atoms with Gasteiger partial charge in [0.05, 0.1) is 13.2 Å². The number of nitrogens with zero attached hydrogens (tertiary/aromatic N) is 4. The SMILES string of the molecule is COC(=O)N1CCN(c2ccc(C(=O)N3c4ccccc4[C@H](N(C(C)=O)c4ccc(Cl)cc4)C[C@@H]3C)cc2)CC1. The maximum atomic E-state index is 13.9. The van der Waals surface area contributed by atoms with E-state index in [9.17, 15) is 14.4 Å². The summed E-state index contributed by atoms with van der Waals surface area (Å²) in [7, 11) is 1.39. The van der Waals surface area contributed by atoms with Crippen molar-refractivity contribution in [3.05, 3.63) is 88.9 Å². The second-order valence-corrected chi connectivity index (χ2v) is 10.6. The first-order valence-electron chi connectivity index (χ1n) is 13.4. The Morgan fingerprint density at radius 2 is 1.55 bits per heavy atom. The number of halogens is 1. The van der Waals surface area contributed by atoms with Crippen LogP contribution in [0.3, 0.4) is 0 Å². The van der Waals surface area contributed by atoms with E-state index in [2.05, 4.69) is 4.90 Å². The van der Waals surface area contributed by atoms with Crippen LogP contribution in [0.25, 0.3) is 0 Å². The fourth-order valence-corrected chi connectivity index (χ4v) is 5.87. The minimum absolute atomic E-state index is 0.0721. The molecule has 9 heteroatoms. The second kappa shape index (κ2) is 11.6. The van der Waals surface area contributed by atoms with E-state index in [1.54, 1.807) is 28.9 Å². The predicted octanol–water partition coefficient (Wildman–Crippen LogP) is 5.76. The molecule has 5 rings (SSSR count). The Hall–Kier alpha value is -4.04. The fraction of sp³-hybridized carbons (Fsp3) is 0.323. The Labute approximate surface area is 239 Å². The Morgan fingerprint density at radius 3 is 2.17 bits per heavy atom. The summed E-state index contributed by atoms with van der Waals surface area (Å²) < 4.78 is 4.82. The number of methoxy groups -OCH3 is 1. The number of piperazine rings is 1. The summed E-state index contributed by atoms with van der Waals surface area (Å²) in [5.41, 5.74) is 4.11. The molecule has 0 N–H and O–H groups in total. The van der Waals surface area contributed by atoms with Crippen molar-refractivity contribution in [1.82, 2.24) is 4.90 Å². The molecule has 40 heavy (non-hydrogen) atoms. The van der Waals surface area contributed by atoms with E-state index in [1.165, 1.54) is 7.11 Å². The minimum Gasteiger partial charge on any atom is -0.453 e. The standard InChI is InChI=1S/C31H33ClN4O4/c1-21-20-29(36(22(2)37)26-14-10-24(32)11-15-26)27-6-4-5-7-28(27)35(21)30(38)23-8-12-25(13-9-23)33-16-18-34(19-17-33)31(39)40-3/h4-15,21,29H,16-20H2,1-3H3/t21-,29+/m0/s1. The smallest absolute Gasteiger partial charge is 0.409 e. The van der Waals surface area contributed by atoms with Gasteiger partial charge in [-0.2, -0.15) is 0 Å².